The molecule has 2 aromatic carbocycles. The van der Waals surface area contributed by atoms with E-state index in [9.17, 15) is 22.2 Å². The first-order chi connectivity index (χ1) is 11.3. The van der Waals surface area contributed by atoms with Crippen molar-refractivity contribution in [2.75, 3.05) is 6.61 Å². The van der Waals surface area contributed by atoms with Crippen LogP contribution in [0.3, 0.4) is 0 Å². The molecule has 2 rings (SSSR count). The van der Waals surface area contributed by atoms with Crippen LogP contribution in [-0.4, -0.2) is 25.5 Å². The van der Waals surface area contributed by atoms with Gasteiger partial charge in [0.1, 0.15) is 10.7 Å². The van der Waals surface area contributed by atoms with Gasteiger partial charge in [0.15, 0.2) is 0 Å². The highest BCUT2D eigenvalue weighted by molar-refractivity contribution is 7.86. The SMILES string of the molecule is CCOC(=O)/C=C/c1cccc(-c2ccc(F)cc2)c1S(=O)(=O)O. The van der Waals surface area contributed by atoms with E-state index in [0.717, 1.165) is 6.08 Å². The number of carbonyl (C=O) groups is 1. The van der Waals surface area contributed by atoms with Crippen LogP contribution >= 0.6 is 0 Å². The van der Waals surface area contributed by atoms with Gasteiger partial charge in [0, 0.05) is 11.6 Å². The zero-order valence-electron chi connectivity index (χ0n) is 12.8. The Labute approximate surface area is 139 Å². The smallest absolute Gasteiger partial charge is 0.330 e. The highest BCUT2D eigenvalue weighted by Gasteiger charge is 2.20. The summed E-state index contributed by atoms with van der Waals surface area (Å²) in [6.45, 7) is 1.83. The Bertz CT molecular complexity index is 870. The first-order valence-electron chi connectivity index (χ1n) is 7.04. The molecule has 0 bridgehead atoms. The fraction of sp³-hybridized carbons (Fsp3) is 0.118. The molecule has 7 heteroatoms. The Morgan fingerprint density at radius 2 is 1.88 bits per heavy atom. The van der Waals surface area contributed by atoms with E-state index in [1.54, 1.807) is 13.0 Å². The topological polar surface area (TPSA) is 80.7 Å². The third-order valence-electron chi connectivity index (χ3n) is 3.14. The van der Waals surface area contributed by atoms with Gasteiger partial charge in [0.2, 0.25) is 0 Å². The normalized spacial score (nSPS) is 11.6. The minimum atomic E-state index is -4.58. The fourth-order valence-electron chi connectivity index (χ4n) is 2.18. The molecule has 0 atom stereocenters. The number of rotatable bonds is 5. The summed E-state index contributed by atoms with van der Waals surface area (Å²) in [6, 6.07) is 9.66. The van der Waals surface area contributed by atoms with E-state index in [4.69, 9.17) is 4.74 Å². The molecule has 0 aliphatic heterocycles. The van der Waals surface area contributed by atoms with Crippen LogP contribution < -0.4 is 0 Å². The van der Waals surface area contributed by atoms with Gasteiger partial charge in [0.25, 0.3) is 10.1 Å². The maximum absolute atomic E-state index is 13.1. The Hall–Kier alpha value is -2.51. The first kappa shape index (κ1) is 17.8. The molecular formula is C17H15FO5S. The van der Waals surface area contributed by atoms with Gasteiger partial charge < -0.3 is 4.74 Å². The van der Waals surface area contributed by atoms with Crippen molar-refractivity contribution < 1.29 is 26.9 Å². The van der Waals surface area contributed by atoms with E-state index in [-0.39, 0.29) is 22.6 Å². The van der Waals surface area contributed by atoms with Crippen molar-refractivity contribution in [3.8, 4) is 11.1 Å². The van der Waals surface area contributed by atoms with Gasteiger partial charge in [-0.3, -0.25) is 4.55 Å². The molecular weight excluding hydrogens is 335 g/mol. The number of halogens is 1. The Balaban J connectivity index is 2.59. The van der Waals surface area contributed by atoms with E-state index in [1.807, 2.05) is 0 Å². The van der Waals surface area contributed by atoms with Gasteiger partial charge in [-0.05, 0) is 36.3 Å². The second-order valence-corrected chi connectivity index (χ2v) is 6.15. The van der Waals surface area contributed by atoms with Crippen molar-refractivity contribution in [2.24, 2.45) is 0 Å². The summed E-state index contributed by atoms with van der Waals surface area (Å²) in [5.74, 6) is -1.10. The molecule has 0 aliphatic rings. The van der Waals surface area contributed by atoms with Crippen molar-refractivity contribution >= 4 is 22.2 Å². The van der Waals surface area contributed by atoms with Crippen LogP contribution in [0, 0.1) is 5.82 Å². The second-order valence-electron chi connectivity index (χ2n) is 4.79. The van der Waals surface area contributed by atoms with Crippen LogP contribution in [0.5, 0.6) is 0 Å². The van der Waals surface area contributed by atoms with Crippen LogP contribution in [0.4, 0.5) is 4.39 Å². The van der Waals surface area contributed by atoms with Crippen LogP contribution in [0.1, 0.15) is 12.5 Å². The average Bonchev–Trinajstić information content (AvgIpc) is 2.52. The summed E-state index contributed by atoms with van der Waals surface area (Å²) in [5, 5.41) is 0. The molecule has 2 aromatic rings. The summed E-state index contributed by atoms with van der Waals surface area (Å²) < 4.78 is 51.0. The molecule has 0 aliphatic carbocycles. The molecule has 0 spiro atoms. The van der Waals surface area contributed by atoms with Crippen molar-refractivity contribution in [3.63, 3.8) is 0 Å². The molecule has 0 radical (unpaired) electrons. The fourth-order valence-corrected chi connectivity index (χ4v) is 3.08. The molecule has 126 valence electrons. The monoisotopic (exact) mass is 350 g/mol. The Morgan fingerprint density at radius 1 is 1.21 bits per heavy atom. The summed E-state index contributed by atoms with van der Waals surface area (Å²) >= 11 is 0. The maximum Gasteiger partial charge on any atom is 0.330 e. The van der Waals surface area contributed by atoms with Gasteiger partial charge in [0.05, 0.1) is 6.61 Å². The van der Waals surface area contributed by atoms with E-state index >= 15 is 0 Å². The summed E-state index contributed by atoms with van der Waals surface area (Å²) in [4.78, 5) is 11.0. The van der Waals surface area contributed by atoms with Crippen molar-refractivity contribution in [1.29, 1.82) is 0 Å². The lowest BCUT2D eigenvalue weighted by Crippen LogP contribution is -2.04. The maximum atomic E-state index is 13.1. The molecule has 0 unspecified atom stereocenters. The number of ether oxygens (including phenoxy) is 1. The Kier molecular flexibility index (Phi) is 5.48. The molecule has 0 amide bonds. The minimum absolute atomic E-state index is 0.118. The number of hydrogen-bond donors (Lipinski definition) is 1. The lowest BCUT2D eigenvalue weighted by Gasteiger charge is -2.10. The molecule has 0 saturated carbocycles. The number of esters is 1. The average molecular weight is 350 g/mol. The summed E-state index contributed by atoms with van der Waals surface area (Å²) in [7, 11) is -4.58. The van der Waals surface area contributed by atoms with E-state index < -0.39 is 21.9 Å². The van der Waals surface area contributed by atoms with Gasteiger partial charge >= 0.3 is 5.97 Å². The van der Waals surface area contributed by atoms with Gasteiger partial charge in [-0.25, -0.2) is 9.18 Å². The predicted molar refractivity (Wildman–Crippen MR) is 87.3 cm³/mol. The second kappa shape index (κ2) is 7.37. The summed E-state index contributed by atoms with van der Waals surface area (Å²) in [5.41, 5.74) is 0.728. The zero-order chi connectivity index (χ0) is 17.7. The van der Waals surface area contributed by atoms with Crippen LogP contribution in [0.2, 0.25) is 0 Å². The van der Waals surface area contributed by atoms with E-state index in [1.165, 1.54) is 42.5 Å². The third kappa shape index (κ3) is 4.27. The molecule has 0 heterocycles. The zero-order valence-corrected chi connectivity index (χ0v) is 13.6. The standard InChI is InChI=1S/C17H15FO5S/c1-2-23-16(19)11-8-13-4-3-5-15(17(13)24(20,21)22)12-6-9-14(18)10-7-12/h3-11H,2H2,1H3,(H,20,21,22)/b11-8+. The Morgan fingerprint density at radius 3 is 2.46 bits per heavy atom. The largest absolute Gasteiger partial charge is 0.463 e. The van der Waals surface area contributed by atoms with Crippen molar-refractivity contribution in [2.45, 2.75) is 11.8 Å². The van der Waals surface area contributed by atoms with Gasteiger partial charge in [-0.2, -0.15) is 8.42 Å². The quantitative estimate of drug-likeness (QED) is 0.508. The predicted octanol–water partition coefficient (Wildman–Crippen LogP) is 3.32. The molecule has 1 N–H and O–H groups in total. The molecule has 0 saturated heterocycles. The molecule has 24 heavy (non-hydrogen) atoms. The molecule has 0 aromatic heterocycles. The van der Waals surface area contributed by atoms with E-state index in [2.05, 4.69) is 0 Å². The highest BCUT2D eigenvalue weighted by Crippen LogP contribution is 2.31. The lowest BCUT2D eigenvalue weighted by atomic mass is 10.0. The third-order valence-corrected chi connectivity index (χ3v) is 4.12. The number of hydrogen-bond acceptors (Lipinski definition) is 4. The molecule has 5 nitrogen and oxygen atoms in total. The highest BCUT2D eigenvalue weighted by atomic mass is 32.2. The van der Waals surface area contributed by atoms with Crippen LogP contribution in [-0.2, 0) is 19.6 Å². The minimum Gasteiger partial charge on any atom is -0.463 e. The van der Waals surface area contributed by atoms with Crippen molar-refractivity contribution in [1.82, 2.24) is 0 Å². The lowest BCUT2D eigenvalue weighted by molar-refractivity contribution is -0.137. The molecule has 0 fully saturated rings. The summed E-state index contributed by atoms with van der Waals surface area (Å²) in [6.07, 6.45) is 2.32. The van der Waals surface area contributed by atoms with Gasteiger partial charge in [-0.15, -0.1) is 0 Å². The van der Waals surface area contributed by atoms with E-state index in [0.29, 0.717) is 5.56 Å². The van der Waals surface area contributed by atoms with Crippen LogP contribution in [0.15, 0.2) is 53.4 Å². The van der Waals surface area contributed by atoms with Gasteiger partial charge in [-0.1, -0.05) is 30.3 Å². The first-order valence-corrected chi connectivity index (χ1v) is 8.48. The number of benzene rings is 2. The van der Waals surface area contributed by atoms with Crippen LogP contribution in [0.25, 0.3) is 17.2 Å². The van der Waals surface area contributed by atoms with Crippen molar-refractivity contribution in [3.05, 3.63) is 59.9 Å². The number of carbonyl (C=O) groups excluding carboxylic acids is 1.